The molecule has 3 amide bonds. The van der Waals surface area contributed by atoms with E-state index in [1.807, 2.05) is 5.32 Å². The normalized spacial score (nSPS) is 11.6. The maximum atomic E-state index is 12.0. The fourth-order valence-electron chi connectivity index (χ4n) is 1.62. The number of carbonyl (C=O) groups is 3. The molecule has 0 fully saturated rings. The molecule has 1 aromatic carbocycles. The summed E-state index contributed by atoms with van der Waals surface area (Å²) in [5.41, 5.74) is 5.13. The lowest BCUT2D eigenvalue weighted by Crippen LogP contribution is -2.45. The predicted octanol–water partition coefficient (Wildman–Crippen LogP) is 1.07. The van der Waals surface area contributed by atoms with Crippen molar-refractivity contribution in [1.29, 1.82) is 0 Å². The first-order valence-electron chi connectivity index (χ1n) is 6.30. The fraction of sp³-hybridized carbons (Fsp3) is 0.357. The Labute approximate surface area is 122 Å². The highest BCUT2D eigenvalue weighted by Crippen LogP contribution is 2.16. The molecular formula is C14H18N2O5. The van der Waals surface area contributed by atoms with Crippen LogP contribution >= 0.6 is 0 Å². The molecule has 7 heteroatoms. The number of nitrogens with two attached hydrogens (primary N) is 1. The second-order valence-electron chi connectivity index (χ2n) is 4.66. The number of ether oxygens (including phenoxy) is 2. The minimum absolute atomic E-state index is 0.242. The zero-order chi connectivity index (χ0) is 16.0. The Morgan fingerprint density at radius 1 is 1.24 bits per heavy atom. The molecule has 21 heavy (non-hydrogen) atoms. The van der Waals surface area contributed by atoms with Gasteiger partial charge in [-0.2, -0.15) is 0 Å². The van der Waals surface area contributed by atoms with Crippen molar-refractivity contribution in [3.8, 4) is 5.75 Å². The zero-order valence-corrected chi connectivity index (χ0v) is 12.1. The molecule has 1 aromatic rings. The van der Waals surface area contributed by atoms with Crippen LogP contribution in [0.5, 0.6) is 5.75 Å². The average Bonchev–Trinajstić information content (AvgIpc) is 2.43. The Morgan fingerprint density at radius 3 is 2.43 bits per heavy atom. The highest BCUT2D eigenvalue weighted by atomic mass is 16.5. The van der Waals surface area contributed by atoms with Crippen LogP contribution in [0.2, 0.25) is 0 Å². The first-order chi connectivity index (χ1) is 9.85. The van der Waals surface area contributed by atoms with Gasteiger partial charge >= 0.3 is 12.0 Å². The average molecular weight is 294 g/mol. The van der Waals surface area contributed by atoms with E-state index in [1.165, 1.54) is 19.2 Å². The highest BCUT2D eigenvalue weighted by Gasteiger charge is 2.27. The lowest BCUT2D eigenvalue weighted by molar-refractivity contribution is -0.130. The molecular weight excluding hydrogens is 276 g/mol. The van der Waals surface area contributed by atoms with E-state index in [9.17, 15) is 14.4 Å². The number of imide groups is 1. The van der Waals surface area contributed by atoms with Gasteiger partial charge in [-0.1, -0.05) is 19.9 Å². The second-order valence-corrected chi connectivity index (χ2v) is 4.66. The van der Waals surface area contributed by atoms with Gasteiger partial charge in [0.2, 0.25) is 0 Å². The lowest BCUT2D eigenvalue weighted by Gasteiger charge is -2.19. The van der Waals surface area contributed by atoms with Crippen molar-refractivity contribution < 1.29 is 23.9 Å². The van der Waals surface area contributed by atoms with E-state index in [4.69, 9.17) is 15.2 Å². The summed E-state index contributed by atoms with van der Waals surface area (Å²) in [6, 6.07) is 5.34. The molecule has 0 unspecified atom stereocenters. The topological polar surface area (TPSA) is 108 Å². The van der Waals surface area contributed by atoms with Crippen LogP contribution in [-0.4, -0.2) is 31.1 Å². The van der Waals surface area contributed by atoms with Gasteiger partial charge < -0.3 is 15.2 Å². The number of carbonyl (C=O) groups excluding carboxylic acids is 3. The summed E-state index contributed by atoms with van der Waals surface area (Å²) in [6.07, 6.45) is -1.11. The number of hydrogen-bond acceptors (Lipinski definition) is 5. The first kappa shape index (κ1) is 16.5. The predicted molar refractivity (Wildman–Crippen MR) is 74.8 cm³/mol. The van der Waals surface area contributed by atoms with Gasteiger partial charge in [-0.25, -0.2) is 9.59 Å². The monoisotopic (exact) mass is 294 g/mol. The van der Waals surface area contributed by atoms with E-state index in [0.717, 1.165) is 0 Å². The molecule has 0 saturated carbocycles. The molecule has 1 rings (SSSR count). The van der Waals surface area contributed by atoms with Crippen LogP contribution in [0, 0.1) is 5.92 Å². The Kier molecular flexibility index (Phi) is 5.71. The van der Waals surface area contributed by atoms with E-state index in [-0.39, 0.29) is 11.5 Å². The molecule has 0 heterocycles. The van der Waals surface area contributed by atoms with Gasteiger partial charge in [0.05, 0.1) is 12.7 Å². The third-order valence-corrected chi connectivity index (χ3v) is 2.65. The van der Waals surface area contributed by atoms with Crippen LogP contribution in [0.1, 0.15) is 24.2 Å². The van der Waals surface area contributed by atoms with E-state index < -0.39 is 24.0 Å². The number of nitrogens with one attached hydrogen (secondary N) is 1. The highest BCUT2D eigenvalue weighted by molar-refractivity contribution is 5.98. The van der Waals surface area contributed by atoms with Gasteiger partial charge in [0, 0.05) is 0 Å². The van der Waals surface area contributed by atoms with Crippen LogP contribution < -0.4 is 15.8 Å². The molecule has 0 spiro atoms. The molecule has 0 aliphatic rings. The Balaban J connectivity index is 2.85. The molecule has 0 saturated heterocycles. The van der Waals surface area contributed by atoms with Crippen LogP contribution in [-0.2, 0) is 9.53 Å². The second kappa shape index (κ2) is 7.28. The van der Waals surface area contributed by atoms with E-state index in [2.05, 4.69) is 0 Å². The number of primary amides is 1. The molecule has 0 aliphatic heterocycles. The molecule has 7 nitrogen and oxygen atoms in total. The fourth-order valence-corrected chi connectivity index (χ4v) is 1.62. The van der Waals surface area contributed by atoms with Crippen molar-refractivity contribution in [2.45, 2.75) is 20.0 Å². The molecule has 0 aromatic heterocycles. The summed E-state index contributed by atoms with van der Waals surface area (Å²) >= 11 is 0. The smallest absolute Gasteiger partial charge is 0.339 e. The van der Waals surface area contributed by atoms with E-state index in [0.29, 0.717) is 5.75 Å². The van der Waals surface area contributed by atoms with Crippen molar-refractivity contribution in [2.75, 3.05) is 7.11 Å². The Hall–Kier alpha value is -2.57. The quantitative estimate of drug-likeness (QED) is 0.790. The molecule has 114 valence electrons. The number of hydrogen-bond donors (Lipinski definition) is 2. The largest absolute Gasteiger partial charge is 0.497 e. The van der Waals surface area contributed by atoms with Gasteiger partial charge in [0.15, 0.2) is 6.10 Å². The number of urea groups is 1. The number of rotatable bonds is 5. The number of esters is 1. The summed E-state index contributed by atoms with van der Waals surface area (Å²) in [4.78, 5) is 34.5. The van der Waals surface area contributed by atoms with Crippen LogP contribution in [0.15, 0.2) is 24.3 Å². The third kappa shape index (κ3) is 4.79. The zero-order valence-electron chi connectivity index (χ0n) is 12.1. The summed E-state index contributed by atoms with van der Waals surface area (Å²) in [6.45, 7) is 3.37. The van der Waals surface area contributed by atoms with Crippen molar-refractivity contribution in [3.63, 3.8) is 0 Å². The molecule has 0 aliphatic carbocycles. The Morgan fingerprint density at radius 2 is 1.90 bits per heavy atom. The SMILES string of the molecule is COc1cccc(C(=O)O[C@@H](C(=O)NC(N)=O)C(C)C)c1. The molecule has 0 radical (unpaired) electrons. The van der Waals surface area contributed by atoms with Crippen molar-refractivity contribution in [1.82, 2.24) is 5.32 Å². The van der Waals surface area contributed by atoms with Gasteiger partial charge in [-0.15, -0.1) is 0 Å². The maximum Gasteiger partial charge on any atom is 0.339 e. The van der Waals surface area contributed by atoms with E-state index in [1.54, 1.807) is 26.0 Å². The molecule has 3 N–H and O–H groups in total. The van der Waals surface area contributed by atoms with Gasteiger partial charge in [0.25, 0.3) is 5.91 Å². The third-order valence-electron chi connectivity index (χ3n) is 2.65. The summed E-state index contributed by atoms with van der Waals surface area (Å²) in [5, 5.41) is 1.90. The number of amides is 3. The van der Waals surface area contributed by atoms with Gasteiger partial charge in [0.1, 0.15) is 5.75 Å². The Bertz CT molecular complexity index is 542. The minimum atomic E-state index is -1.11. The van der Waals surface area contributed by atoms with Gasteiger partial charge in [-0.3, -0.25) is 10.1 Å². The van der Waals surface area contributed by atoms with Crippen molar-refractivity contribution in [2.24, 2.45) is 11.7 Å². The summed E-state index contributed by atoms with van der Waals surface area (Å²) < 4.78 is 10.2. The van der Waals surface area contributed by atoms with Crippen molar-refractivity contribution in [3.05, 3.63) is 29.8 Å². The van der Waals surface area contributed by atoms with Crippen molar-refractivity contribution >= 4 is 17.9 Å². The first-order valence-corrected chi connectivity index (χ1v) is 6.30. The maximum absolute atomic E-state index is 12.0. The van der Waals surface area contributed by atoms with Crippen LogP contribution in [0.25, 0.3) is 0 Å². The minimum Gasteiger partial charge on any atom is -0.497 e. The summed E-state index contributed by atoms with van der Waals surface area (Å²) in [5.74, 6) is -1.27. The van der Waals surface area contributed by atoms with Crippen LogP contribution in [0.3, 0.4) is 0 Å². The van der Waals surface area contributed by atoms with Crippen LogP contribution in [0.4, 0.5) is 4.79 Å². The molecule has 0 bridgehead atoms. The standard InChI is InChI=1S/C14H18N2O5/c1-8(2)11(12(17)16-14(15)19)21-13(18)9-5-4-6-10(7-9)20-3/h4-8,11H,1-3H3,(H3,15,16,17,19)/t11-/m1/s1. The van der Waals surface area contributed by atoms with Gasteiger partial charge in [-0.05, 0) is 24.1 Å². The number of benzene rings is 1. The number of methoxy groups -OCH3 is 1. The summed E-state index contributed by atoms with van der Waals surface area (Å²) in [7, 11) is 1.47. The lowest BCUT2D eigenvalue weighted by atomic mass is 10.1. The van der Waals surface area contributed by atoms with E-state index >= 15 is 0 Å². The molecule has 1 atom stereocenters.